The van der Waals surface area contributed by atoms with E-state index in [1.54, 1.807) is 24.4 Å². The Bertz CT molecular complexity index is 2010. The van der Waals surface area contributed by atoms with E-state index in [4.69, 9.17) is 4.98 Å². The Hall–Kier alpha value is -3.91. The second-order valence-corrected chi connectivity index (χ2v) is 16.0. The number of likely N-dealkylation sites (N-methyl/N-ethyl adjacent to an activating group) is 2. The molecule has 0 amide bonds. The predicted octanol–water partition coefficient (Wildman–Crippen LogP) is 4.54. The number of nitrogens with one attached hydrogen (secondary N) is 2. The number of halogens is 1. The van der Waals surface area contributed by atoms with Gasteiger partial charge in [0, 0.05) is 74.7 Å². The lowest BCUT2D eigenvalue weighted by molar-refractivity contribution is 0.251. The molecular weight excluding hydrogens is 644 g/mol. The maximum absolute atomic E-state index is 15.4. The summed E-state index contributed by atoms with van der Waals surface area (Å²) in [6.07, 6.45) is 5.07. The summed E-state index contributed by atoms with van der Waals surface area (Å²) in [6, 6.07) is 13.6. The van der Waals surface area contributed by atoms with Crippen LogP contribution in [0.1, 0.15) is 43.7 Å². The van der Waals surface area contributed by atoms with E-state index in [2.05, 4.69) is 53.5 Å². The van der Waals surface area contributed by atoms with Gasteiger partial charge in [-0.25, -0.2) is 22.1 Å². The number of benzene rings is 2. The van der Waals surface area contributed by atoms with Gasteiger partial charge < -0.3 is 20.4 Å². The molecule has 3 atom stereocenters. The van der Waals surface area contributed by atoms with Crippen LogP contribution in [0.25, 0.3) is 22.2 Å². The first-order chi connectivity index (χ1) is 23.3. The van der Waals surface area contributed by atoms with Gasteiger partial charge in [0.05, 0.1) is 11.9 Å². The van der Waals surface area contributed by atoms with Gasteiger partial charge in [0.15, 0.2) is 0 Å². The van der Waals surface area contributed by atoms with Crippen molar-refractivity contribution in [3.8, 4) is 11.1 Å². The molecule has 4 heterocycles. The van der Waals surface area contributed by atoms with Crippen LogP contribution in [0, 0.1) is 12.7 Å². The average Bonchev–Trinajstić information content (AvgIpc) is 3.03. The molecule has 0 bridgehead atoms. The first-order valence-corrected chi connectivity index (χ1v) is 18.8. The maximum atomic E-state index is 15.4. The third-order valence-corrected chi connectivity index (χ3v) is 11.1. The van der Waals surface area contributed by atoms with Gasteiger partial charge in [0.1, 0.15) is 11.5 Å². The van der Waals surface area contributed by atoms with Crippen LogP contribution in [0.3, 0.4) is 0 Å². The first-order valence-electron chi connectivity index (χ1n) is 17.0. The van der Waals surface area contributed by atoms with Crippen LogP contribution in [0.4, 0.5) is 21.7 Å². The molecule has 0 radical (unpaired) electrons. The molecule has 0 saturated carbocycles. The topological polar surface area (TPSA) is 116 Å². The number of hydrogen-bond donors (Lipinski definition) is 2. The van der Waals surface area contributed by atoms with E-state index in [1.807, 2.05) is 17.9 Å². The monoisotopic (exact) mass is 690 g/mol. The van der Waals surface area contributed by atoms with Crippen molar-refractivity contribution in [2.24, 2.45) is 0 Å². The molecular formula is C36H47FN8O3S. The highest BCUT2D eigenvalue weighted by Crippen LogP contribution is 2.31. The standard InChI is InChI=1S/C36H47FN8O3S/c1-23-16-26(27-8-7-13-42(4)22-27)9-11-30(23)31-17-28-19-38-36(41-34(28)45(35(31)46)15-14-43(5)49(6,47)48)40-29-10-12-33(32(37)18-29)44-20-24(2)39-25(3)21-44/h9-12,16-19,24-25,27,39H,7-8,13-15,20-22H2,1-6H3,(H,38,40,41)/t24-,25+,27?. The molecule has 2 aliphatic rings. The largest absolute Gasteiger partial charge is 0.366 e. The molecule has 4 aromatic rings. The Labute approximate surface area is 288 Å². The number of aromatic nitrogens is 3. The number of anilines is 3. The van der Waals surface area contributed by atoms with Gasteiger partial charge >= 0.3 is 0 Å². The second-order valence-electron chi connectivity index (χ2n) is 13.9. The van der Waals surface area contributed by atoms with Crippen molar-refractivity contribution in [1.29, 1.82) is 0 Å². The first kappa shape index (κ1) is 34.9. The summed E-state index contributed by atoms with van der Waals surface area (Å²) in [5.41, 5.74) is 4.67. The SMILES string of the molecule is Cc1cc(C2CCCN(C)C2)ccc1-c1cc2cnc(Nc3ccc(N4C[C@@H](C)N[C@@H](C)C4)c(F)c3)nc2n(CCN(C)S(C)(=O)=O)c1=O. The number of piperazine rings is 1. The summed E-state index contributed by atoms with van der Waals surface area (Å²) in [5.74, 6) is 0.290. The third-order valence-electron chi connectivity index (χ3n) is 9.77. The fourth-order valence-corrected chi connectivity index (χ4v) is 7.61. The molecule has 2 saturated heterocycles. The maximum Gasteiger partial charge on any atom is 0.260 e. The number of fused-ring (bicyclic) bond motifs is 1. The summed E-state index contributed by atoms with van der Waals surface area (Å²) in [4.78, 5) is 27.8. The highest BCUT2D eigenvalue weighted by molar-refractivity contribution is 7.88. The highest BCUT2D eigenvalue weighted by Gasteiger charge is 2.24. The van der Waals surface area contributed by atoms with Gasteiger partial charge in [0.2, 0.25) is 16.0 Å². The van der Waals surface area contributed by atoms with Crippen LogP contribution in [-0.4, -0.2) is 97.3 Å². The number of likely N-dealkylation sites (tertiary alicyclic amines) is 1. The number of rotatable bonds is 9. The second kappa shape index (κ2) is 14.1. The normalized spacial score (nSPS) is 20.7. The summed E-state index contributed by atoms with van der Waals surface area (Å²) >= 11 is 0. The van der Waals surface area contributed by atoms with Crippen LogP contribution >= 0.6 is 0 Å². The van der Waals surface area contributed by atoms with E-state index in [9.17, 15) is 13.2 Å². The number of sulfonamides is 1. The predicted molar refractivity (Wildman–Crippen MR) is 195 cm³/mol. The van der Waals surface area contributed by atoms with Crippen molar-refractivity contribution in [3.63, 3.8) is 0 Å². The fourth-order valence-electron chi connectivity index (χ4n) is 7.20. The lowest BCUT2D eigenvalue weighted by Gasteiger charge is -2.37. The van der Waals surface area contributed by atoms with Crippen LogP contribution in [0.15, 0.2) is 53.5 Å². The molecule has 262 valence electrons. The Kier molecular flexibility index (Phi) is 10.1. The molecule has 1 unspecified atom stereocenters. The van der Waals surface area contributed by atoms with Crippen molar-refractivity contribution in [3.05, 3.63) is 76.0 Å². The molecule has 2 aromatic heterocycles. The van der Waals surface area contributed by atoms with Crippen LogP contribution in [-0.2, 0) is 16.6 Å². The van der Waals surface area contributed by atoms with Crippen molar-refractivity contribution < 1.29 is 12.8 Å². The molecule has 49 heavy (non-hydrogen) atoms. The third kappa shape index (κ3) is 7.80. The fraction of sp³-hybridized carbons (Fsp3) is 0.472. The molecule has 2 fully saturated rings. The zero-order valence-electron chi connectivity index (χ0n) is 29.2. The Balaban J connectivity index is 1.34. The van der Waals surface area contributed by atoms with E-state index in [0.717, 1.165) is 43.3 Å². The van der Waals surface area contributed by atoms with Crippen molar-refractivity contribution in [1.82, 2.24) is 29.1 Å². The molecule has 2 aliphatic heterocycles. The highest BCUT2D eigenvalue weighted by atomic mass is 32.2. The Morgan fingerprint density at radius 3 is 2.49 bits per heavy atom. The number of pyridine rings is 1. The zero-order chi connectivity index (χ0) is 35.0. The van der Waals surface area contributed by atoms with Crippen LogP contribution in [0.2, 0.25) is 0 Å². The van der Waals surface area contributed by atoms with Gasteiger partial charge in [-0.15, -0.1) is 0 Å². The minimum Gasteiger partial charge on any atom is -0.366 e. The molecule has 13 heteroatoms. The lowest BCUT2D eigenvalue weighted by Crippen LogP contribution is -2.54. The van der Waals surface area contributed by atoms with E-state index < -0.39 is 10.0 Å². The van der Waals surface area contributed by atoms with Crippen molar-refractivity contribution >= 4 is 38.4 Å². The van der Waals surface area contributed by atoms with Gasteiger partial charge in [-0.05, 0) is 94.1 Å². The number of aryl methyl sites for hydroxylation is 1. The van der Waals surface area contributed by atoms with Gasteiger partial charge in [0.25, 0.3) is 5.56 Å². The minimum absolute atomic E-state index is 0.0765. The van der Waals surface area contributed by atoms with E-state index in [0.29, 0.717) is 47.0 Å². The zero-order valence-corrected chi connectivity index (χ0v) is 30.0. The van der Waals surface area contributed by atoms with Gasteiger partial charge in [-0.2, -0.15) is 4.98 Å². The van der Waals surface area contributed by atoms with E-state index in [-0.39, 0.29) is 42.5 Å². The van der Waals surface area contributed by atoms with Crippen LogP contribution < -0.4 is 21.1 Å². The van der Waals surface area contributed by atoms with Gasteiger partial charge in [-0.3, -0.25) is 9.36 Å². The summed E-state index contributed by atoms with van der Waals surface area (Å²) in [6.45, 7) is 9.88. The molecule has 2 aromatic carbocycles. The molecule has 6 rings (SSSR count). The molecule has 0 aliphatic carbocycles. The summed E-state index contributed by atoms with van der Waals surface area (Å²) in [5, 5.41) is 7.19. The van der Waals surface area contributed by atoms with E-state index in [1.165, 1.54) is 27.5 Å². The quantitative estimate of drug-likeness (QED) is 0.261. The molecule has 2 N–H and O–H groups in total. The smallest absolute Gasteiger partial charge is 0.260 e. The summed E-state index contributed by atoms with van der Waals surface area (Å²) in [7, 11) is 0.165. The average molecular weight is 691 g/mol. The minimum atomic E-state index is -3.47. The number of hydrogen-bond acceptors (Lipinski definition) is 9. The lowest BCUT2D eigenvalue weighted by atomic mass is 9.88. The van der Waals surface area contributed by atoms with Gasteiger partial charge in [-0.1, -0.05) is 18.2 Å². The van der Waals surface area contributed by atoms with Crippen molar-refractivity contribution in [2.45, 2.75) is 58.2 Å². The Morgan fingerprint density at radius 2 is 1.82 bits per heavy atom. The Morgan fingerprint density at radius 1 is 1.06 bits per heavy atom. The molecule has 0 spiro atoms. The van der Waals surface area contributed by atoms with E-state index >= 15 is 4.39 Å². The number of piperidine rings is 1. The van der Waals surface area contributed by atoms with Crippen LogP contribution in [0.5, 0.6) is 0 Å². The summed E-state index contributed by atoms with van der Waals surface area (Å²) < 4.78 is 42.5. The van der Waals surface area contributed by atoms with Crippen molar-refractivity contribution in [2.75, 3.05) is 63.3 Å². The molecule has 11 nitrogen and oxygen atoms in total. The number of nitrogens with zero attached hydrogens (tertiary/aromatic N) is 6.